The minimum Gasteiger partial charge on any atom is -0.392 e. The molecule has 3 saturated heterocycles. The second-order valence-corrected chi connectivity index (χ2v) is 3.72. The Labute approximate surface area is 79.0 Å². The van der Waals surface area contributed by atoms with E-state index >= 15 is 0 Å². The Morgan fingerprint density at radius 1 is 1.54 bits per heavy atom. The van der Waals surface area contributed by atoms with Crippen LogP contribution < -0.4 is 0 Å². The van der Waals surface area contributed by atoms with Crippen molar-refractivity contribution in [2.75, 3.05) is 26.2 Å². The minimum absolute atomic E-state index is 0.524. The van der Waals surface area contributed by atoms with Gasteiger partial charge in [-0.15, -0.1) is 0 Å². The molecule has 0 amide bonds. The zero-order valence-electron chi connectivity index (χ0n) is 7.91. The Kier molecular flexibility index (Phi) is 2.64. The average molecular weight is 180 g/mol. The van der Waals surface area contributed by atoms with Gasteiger partial charge in [-0.2, -0.15) is 0 Å². The van der Waals surface area contributed by atoms with Crippen LogP contribution >= 0.6 is 0 Å². The van der Waals surface area contributed by atoms with Gasteiger partial charge < -0.3 is 4.84 Å². The van der Waals surface area contributed by atoms with Gasteiger partial charge in [-0.3, -0.25) is 4.90 Å². The number of rotatable bonds is 3. The molecular formula is C10H16N2O. The molecule has 0 N–H and O–H groups in total. The first-order valence-corrected chi connectivity index (χ1v) is 4.92. The largest absolute Gasteiger partial charge is 0.392 e. The highest BCUT2D eigenvalue weighted by atomic mass is 16.6. The molecule has 3 heteroatoms. The van der Waals surface area contributed by atoms with Crippen LogP contribution in [0.4, 0.5) is 0 Å². The van der Waals surface area contributed by atoms with Gasteiger partial charge in [0.2, 0.25) is 0 Å². The summed E-state index contributed by atoms with van der Waals surface area (Å²) in [6.07, 6.45) is 4.25. The first-order valence-electron chi connectivity index (χ1n) is 4.92. The Morgan fingerprint density at radius 2 is 2.31 bits per heavy atom. The van der Waals surface area contributed by atoms with E-state index in [0.29, 0.717) is 12.5 Å². The molecule has 0 saturated carbocycles. The monoisotopic (exact) mass is 180 g/mol. The maximum atomic E-state index is 5.12. The summed E-state index contributed by atoms with van der Waals surface area (Å²) in [7, 11) is 0. The Balaban J connectivity index is 1.92. The fraction of sp³-hybridized carbons (Fsp3) is 0.700. The fourth-order valence-electron chi connectivity index (χ4n) is 2.06. The smallest absolute Gasteiger partial charge is 0.135 e. The molecule has 2 bridgehead atoms. The highest BCUT2D eigenvalue weighted by Crippen LogP contribution is 2.25. The molecule has 3 nitrogen and oxygen atoms in total. The van der Waals surface area contributed by atoms with Crippen molar-refractivity contribution < 1.29 is 4.84 Å². The Hall–Kier alpha value is -0.830. The Bertz CT molecular complexity index is 217. The van der Waals surface area contributed by atoms with Crippen molar-refractivity contribution in [1.29, 1.82) is 0 Å². The first-order chi connectivity index (χ1) is 6.40. The zero-order valence-corrected chi connectivity index (χ0v) is 7.91. The fourth-order valence-corrected chi connectivity index (χ4v) is 2.06. The summed E-state index contributed by atoms with van der Waals surface area (Å²) >= 11 is 0. The predicted molar refractivity (Wildman–Crippen MR) is 52.7 cm³/mol. The van der Waals surface area contributed by atoms with Crippen molar-refractivity contribution in [3.63, 3.8) is 0 Å². The highest BCUT2D eigenvalue weighted by Gasteiger charge is 2.31. The molecule has 3 rings (SSSR count). The summed E-state index contributed by atoms with van der Waals surface area (Å²) in [5.41, 5.74) is 1.24. The SMILES string of the molecule is C=CCON=C1CN2CCC1CC2. The van der Waals surface area contributed by atoms with Crippen molar-refractivity contribution in [2.45, 2.75) is 12.8 Å². The summed E-state index contributed by atoms with van der Waals surface area (Å²) < 4.78 is 0. The van der Waals surface area contributed by atoms with E-state index in [9.17, 15) is 0 Å². The molecule has 0 aliphatic carbocycles. The molecule has 0 aromatic carbocycles. The van der Waals surface area contributed by atoms with E-state index in [1.807, 2.05) is 0 Å². The molecule has 0 aromatic rings. The summed E-state index contributed by atoms with van der Waals surface area (Å²) in [5.74, 6) is 0.690. The number of piperidine rings is 3. The lowest BCUT2D eigenvalue weighted by molar-refractivity contribution is 0.152. The molecule has 3 fully saturated rings. The molecule has 3 aliphatic rings. The molecule has 0 unspecified atom stereocenters. The molecule has 0 spiro atoms. The second kappa shape index (κ2) is 3.92. The standard InChI is InChI=1S/C10H16N2O/c1-2-7-13-11-10-8-12-5-3-9(10)4-6-12/h2,9H,1,3-8H2. The lowest BCUT2D eigenvalue weighted by Crippen LogP contribution is -2.47. The second-order valence-electron chi connectivity index (χ2n) is 3.72. The van der Waals surface area contributed by atoms with Crippen LogP contribution in [0.3, 0.4) is 0 Å². The van der Waals surface area contributed by atoms with Crippen molar-refractivity contribution in [1.82, 2.24) is 4.90 Å². The van der Waals surface area contributed by atoms with Gasteiger partial charge in [0.25, 0.3) is 0 Å². The molecule has 3 heterocycles. The summed E-state index contributed by atoms with van der Waals surface area (Å²) in [4.78, 5) is 7.56. The Morgan fingerprint density at radius 3 is 2.85 bits per heavy atom. The van der Waals surface area contributed by atoms with E-state index in [2.05, 4.69) is 16.6 Å². The summed E-state index contributed by atoms with van der Waals surface area (Å²) in [6, 6.07) is 0. The third kappa shape index (κ3) is 1.91. The molecule has 0 atom stereocenters. The van der Waals surface area contributed by atoms with E-state index in [1.165, 1.54) is 31.6 Å². The molecular weight excluding hydrogens is 164 g/mol. The van der Waals surface area contributed by atoms with Gasteiger partial charge in [-0.05, 0) is 25.9 Å². The lowest BCUT2D eigenvalue weighted by Gasteiger charge is -2.39. The van der Waals surface area contributed by atoms with Crippen LogP contribution in [0.2, 0.25) is 0 Å². The van der Waals surface area contributed by atoms with Gasteiger partial charge in [-0.1, -0.05) is 17.8 Å². The van der Waals surface area contributed by atoms with Gasteiger partial charge >= 0.3 is 0 Å². The molecule has 72 valence electrons. The van der Waals surface area contributed by atoms with Gasteiger partial charge in [0.05, 0.1) is 5.71 Å². The van der Waals surface area contributed by atoms with Gasteiger partial charge in [0, 0.05) is 12.5 Å². The number of fused-ring (bicyclic) bond motifs is 3. The van der Waals surface area contributed by atoms with Gasteiger partial charge in [0.1, 0.15) is 6.61 Å². The summed E-state index contributed by atoms with van der Waals surface area (Å²) in [6.45, 7) is 7.61. The first kappa shape index (κ1) is 8.75. The number of hydrogen-bond donors (Lipinski definition) is 0. The van der Waals surface area contributed by atoms with Crippen molar-refractivity contribution >= 4 is 5.71 Å². The van der Waals surface area contributed by atoms with Gasteiger partial charge in [-0.25, -0.2) is 0 Å². The van der Waals surface area contributed by atoms with Gasteiger partial charge in [0.15, 0.2) is 0 Å². The van der Waals surface area contributed by atoms with Crippen LogP contribution in [-0.2, 0) is 4.84 Å². The van der Waals surface area contributed by atoms with Crippen LogP contribution in [0.25, 0.3) is 0 Å². The number of oxime groups is 1. The highest BCUT2D eigenvalue weighted by molar-refractivity contribution is 5.89. The molecule has 3 aliphatic heterocycles. The predicted octanol–water partition coefficient (Wildman–Crippen LogP) is 1.27. The van der Waals surface area contributed by atoms with Crippen LogP contribution in [0.5, 0.6) is 0 Å². The third-order valence-corrected chi connectivity index (χ3v) is 2.82. The van der Waals surface area contributed by atoms with E-state index in [4.69, 9.17) is 4.84 Å². The van der Waals surface area contributed by atoms with Crippen LogP contribution in [0, 0.1) is 5.92 Å². The minimum atomic E-state index is 0.524. The summed E-state index contributed by atoms with van der Waals surface area (Å²) in [5, 5.41) is 4.16. The van der Waals surface area contributed by atoms with Crippen molar-refractivity contribution in [2.24, 2.45) is 11.1 Å². The maximum Gasteiger partial charge on any atom is 0.135 e. The quantitative estimate of drug-likeness (QED) is 0.371. The van der Waals surface area contributed by atoms with Crippen LogP contribution in [0.15, 0.2) is 17.8 Å². The molecule has 13 heavy (non-hydrogen) atoms. The van der Waals surface area contributed by atoms with E-state index in [0.717, 1.165) is 6.54 Å². The third-order valence-electron chi connectivity index (χ3n) is 2.82. The average Bonchev–Trinajstić information content (AvgIpc) is 2.20. The number of nitrogens with zero attached hydrogens (tertiary/aromatic N) is 2. The maximum absolute atomic E-state index is 5.12. The van der Waals surface area contributed by atoms with Crippen LogP contribution in [-0.4, -0.2) is 36.9 Å². The number of hydrogen-bond acceptors (Lipinski definition) is 3. The molecule has 0 radical (unpaired) electrons. The molecule has 0 aromatic heterocycles. The lowest BCUT2D eigenvalue weighted by atomic mass is 9.87. The van der Waals surface area contributed by atoms with E-state index in [-0.39, 0.29) is 0 Å². The van der Waals surface area contributed by atoms with E-state index in [1.54, 1.807) is 6.08 Å². The van der Waals surface area contributed by atoms with Crippen molar-refractivity contribution in [3.8, 4) is 0 Å². The topological polar surface area (TPSA) is 24.8 Å². The normalized spacial score (nSPS) is 34.9. The van der Waals surface area contributed by atoms with Crippen molar-refractivity contribution in [3.05, 3.63) is 12.7 Å². The zero-order chi connectivity index (χ0) is 9.10. The van der Waals surface area contributed by atoms with Crippen LogP contribution in [0.1, 0.15) is 12.8 Å². The van der Waals surface area contributed by atoms with E-state index < -0.39 is 0 Å².